The van der Waals surface area contributed by atoms with Gasteiger partial charge in [0.05, 0.1) is 11.4 Å². The molecule has 1 fully saturated rings. The molecule has 10 heteroatoms. The van der Waals surface area contributed by atoms with Gasteiger partial charge in [0, 0.05) is 48.6 Å². The minimum Gasteiger partial charge on any atom is -0.461 e. The predicted molar refractivity (Wildman–Crippen MR) is 116 cm³/mol. The topological polar surface area (TPSA) is 95.8 Å². The van der Waals surface area contributed by atoms with Crippen molar-refractivity contribution in [2.75, 3.05) is 37.3 Å². The molecule has 1 aromatic heterocycles. The Balaban J connectivity index is 1.60. The Hall–Kier alpha value is -2.11. The fourth-order valence-electron chi connectivity index (χ4n) is 3.44. The molecule has 0 spiro atoms. The Morgan fingerprint density at radius 3 is 3.03 bits per heavy atom. The molecule has 2 aromatic rings. The van der Waals surface area contributed by atoms with Gasteiger partial charge in [-0.2, -0.15) is 0 Å². The van der Waals surface area contributed by atoms with Gasteiger partial charge < -0.3 is 15.4 Å². The average Bonchev–Trinajstić information content (AvgIpc) is 3.35. The fraction of sp³-hybridized carbons (Fsp3) is 0.368. The van der Waals surface area contributed by atoms with Crippen LogP contribution in [-0.2, 0) is 16.1 Å². The van der Waals surface area contributed by atoms with E-state index in [1.165, 1.54) is 6.26 Å². The van der Waals surface area contributed by atoms with Gasteiger partial charge in [0.1, 0.15) is 11.3 Å². The lowest BCUT2D eigenvalue weighted by Crippen LogP contribution is -2.42. The van der Waals surface area contributed by atoms with E-state index in [0.717, 1.165) is 59.6 Å². The largest absolute Gasteiger partial charge is 0.461 e. The number of hydrogen-bond acceptors (Lipinski definition) is 9. The van der Waals surface area contributed by atoms with Crippen LogP contribution < -0.4 is 21.3 Å². The minimum atomic E-state index is -0.696. The van der Waals surface area contributed by atoms with Gasteiger partial charge in [0.25, 0.3) is 0 Å². The first kappa shape index (κ1) is 20.2. The molecule has 2 aliphatic heterocycles. The van der Waals surface area contributed by atoms with Crippen LogP contribution in [-0.4, -0.2) is 55.1 Å². The van der Waals surface area contributed by atoms with E-state index in [1.807, 2.05) is 12.3 Å². The number of nitrogens with two attached hydrogens (primary N) is 1. The van der Waals surface area contributed by atoms with Crippen molar-refractivity contribution < 1.29 is 9.53 Å². The standard InChI is InChI=1S/C19H24N6O2S2/c1-28-16-3-2-13(8-15(16)25-17(22-12-26)10-27-19(25)20)18-23-14(11-29-18)9-24-6-4-21-5-7-24/h2-3,8,10-12,19,21H,4-7,9,20H2,1H3,(H,22,26). The number of ether oxygens (including phenoxy) is 1. The van der Waals surface area contributed by atoms with Gasteiger partial charge in [-0.15, -0.1) is 23.1 Å². The second kappa shape index (κ2) is 9.14. The lowest BCUT2D eigenvalue weighted by atomic mass is 10.2. The number of nitrogens with zero attached hydrogens (tertiary/aromatic N) is 3. The first-order chi connectivity index (χ1) is 14.2. The van der Waals surface area contributed by atoms with Gasteiger partial charge in [-0.1, -0.05) is 6.07 Å². The van der Waals surface area contributed by atoms with Gasteiger partial charge >= 0.3 is 0 Å². The van der Waals surface area contributed by atoms with Crippen LogP contribution in [0, 0.1) is 0 Å². The van der Waals surface area contributed by atoms with Crippen molar-refractivity contribution in [1.29, 1.82) is 0 Å². The third-order valence-corrected chi connectivity index (χ3v) is 6.60. The summed E-state index contributed by atoms with van der Waals surface area (Å²) in [6, 6.07) is 6.17. The average molecular weight is 433 g/mol. The van der Waals surface area contributed by atoms with Crippen molar-refractivity contribution in [3.05, 3.63) is 41.4 Å². The van der Waals surface area contributed by atoms with Crippen molar-refractivity contribution in [2.24, 2.45) is 5.73 Å². The Morgan fingerprint density at radius 1 is 1.45 bits per heavy atom. The first-order valence-corrected chi connectivity index (χ1v) is 11.5. The van der Waals surface area contributed by atoms with Crippen molar-refractivity contribution in [3.8, 4) is 10.6 Å². The van der Waals surface area contributed by atoms with Crippen molar-refractivity contribution in [3.63, 3.8) is 0 Å². The van der Waals surface area contributed by atoms with E-state index < -0.39 is 6.35 Å². The smallest absolute Gasteiger partial charge is 0.232 e. The van der Waals surface area contributed by atoms with Gasteiger partial charge in [-0.3, -0.25) is 20.3 Å². The van der Waals surface area contributed by atoms with E-state index >= 15 is 0 Å². The molecule has 4 N–H and O–H groups in total. The van der Waals surface area contributed by atoms with Crippen LogP contribution in [0.1, 0.15) is 5.69 Å². The number of hydrogen-bond donors (Lipinski definition) is 3. The lowest BCUT2D eigenvalue weighted by Gasteiger charge is -2.26. The maximum Gasteiger partial charge on any atom is 0.232 e. The van der Waals surface area contributed by atoms with Crippen molar-refractivity contribution in [1.82, 2.24) is 20.5 Å². The Bertz CT molecular complexity index is 897. The maximum absolute atomic E-state index is 11.0. The van der Waals surface area contributed by atoms with Crippen LogP contribution in [0.3, 0.4) is 0 Å². The molecule has 1 amide bonds. The number of carbonyl (C=O) groups excluding carboxylic acids is 1. The fourth-order valence-corrected chi connectivity index (χ4v) is 4.82. The second-order valence-electron chi connectivity index (χ2n) is 6.72. The van der Waals surface area contributed by atoms with Crippen LogP contribution in [0.2, 0.25) is 0 Å². The van der Waals surface area contributed by atoms with E-state index in [0.29, 0.717) is 12.2 Å². The number of piperazine rings is 1. The number of rotatable bonds is 7. The summed E-state index contributed by atoms with van der Waals surface area (Å²) in [4.78, 5) is 21.0. The molecule has 1 atom stereocenters. The van der Waals surface area contributed by atoms with E-state index in [4.69, 9.17) is 15.5 Å². The zero-order valence-corrected chi connectivity index (χ0v) is 17.8. The molecule has 8 nitrogen and oxygen atoms in total. The number of aromatic nitrogens is 1. The van der Waals surface area contributed by atoms with Gasteiger partial charge in [0.15, 0.2) is 5.82 Å². The predicted octanol–water partition coefficient (Wildman–Crippen LogP) is 1.56. The van der Waals surface area contributed by atoms with Crippen LogP contribution in [0.4, 0.5) is 5.69 Å². The summed E-state index contributed by atoms with van der Waals surface area (Å²) in [6.45, 7) is 5.02. The van der Waals surface area contributed by atoms with Crippen molar-refractivity contribution >= 4 is 35.2 Å². The Morgan fingerprint density at radius 2 is 2.28 bits per heavy atom. The SMILES string of the molecule is CSc1ccc(-c2nc(CN3CCNCC3)cs2)cc1N1C(NC=O)=COC1N. The van der Waals surface area contributed by atoms with Crippen LogP contribution in [0.25, 0.3) is 10.6 Å². The molecule has 4 rings (SSSR count). The molecule has 154 valence electrons. The minimum absolute atomic E-state index is 0.512. The zero-order chi connectivity index (χ0) is 20.2. The number of anilines is 1. The highest BCUT2D eigenvalue weighted by Gasteiger charge is 2.28. The lowest BCUT2D eigenvalue weighted by molar-refractivity contribution is -0.108. The van der Waals surface area contributed by atoms with Gasteiger partial charge in [-0.25, -0.2) is 4.98 Å². The van der Waals surface area contributed by atoms with Gasteiger partial charge in [0.2, 0.25) is 12.8 Å². The molecule has 0 radical (unpaired) electrons. The van der Waals surface area contributed by atoms with Crippen LogP contribution >= 0.6 is 23.1 Å². The molecule has 29 heavy (non-hydrogen) atoms. The highest BCUT2D eigenvalue weighted by molar-refractivity contribution is 7.98. The van der Waals surface area contributed by atoms with Crippen LogP contribution in [0.5, 0.6) is 0 Å². The molecule has 1 aromatic carbocycles. The number of thioether (sulfide) groups is 1. The third kappa shape index (κ3) is 4.41. The summed E-state index contributed by atoms with van der Waals surface area (Å²) < 4.78 is 5.41. The number of benzene rings is 1. The molecule has 1 unspecified atom stereocenters. The first-order valence-electron chi connectivity index (χ1n) is 9.36. The van der Waals surface area contributed by atoms with E-state index in [1.54, 1.807) is 28.0 Å². The molecule has 0 aliphatic carbocycles. The monoisotopic (exact) mass is 432 g/mol. The molecule has 0 saturated carbocycles. The molecule has 1 saturated heterocycles. The van der Waals surface area contributed by atoms with E-state index in [9.17, 15) is 4.79 Å². The van der Waals surface area contributed by atoms with E-state index in [2.05, 4.69) is 33.0 Å². The number of amides is 1. The summed E-state index contributed by atoms with van der Waals surface area (Å²) >= 11 is 3.25. The molecular formula is C19H24N6O2S2. The molecule has 0 bridgehead atoms. The Labute approximate surface area is 178 Å². The van der Waals surface area contributed by atoms with Gasteiger partial charge in [-0.05, 0) is 18.4 Å². The molecular weight excluding hydrogens is 408 g/mol. The second-order valence-corrected chi connectivity index (χ2v) is 8.42. The summed E-state index contributed by atoms with van der Waals surface area (Å²) in [6.07, 6.45) is 3.39. The van der Waals surface area contributed by atoms with Crippen LogP contribution in [0.15, 0.2) is 40.6 Å². The molecule has 3 heterocycles. The van der Waals surface area contributed by atoms with Crippen molar-refractivity contribution in [2.45, 2.75) is 17.8 Å². The normalized spacial score (nSPS) is 19.7. The summed E-state index contributed by atoms with van der Waals surface area (Å²) in [5.41, 5.74) is 9.09. The number of carbonyl (C=O) groups is 1. The highest BCUT2D eigenvalue weighted by atomic mass is 32.2. The van der Waals surface area contributed by atoms with E-state index in [-0.39, 0.29) is 0 Å². The zero-order valence-electron chi connectivity index (χ0n) is 16.1. The highest BCUT2D eigenvalue weighted by Crippen LogP contribution is 2.37. The molecule has 2 aliphatic rings. The third-order valence-electron chi connectivity index (χ3n) is 4.87. The maximum atomic E-state index is 11.0. The summed E-state index contributed by atoms with van der Waals surface area (Å²) in [5, 5.41) is 9.12. The Kier molecular flexibility index (Phi) is 6.36. The quantitative estimate of drug-likeness (QED) is 0.448. The summed E-state index contributed by atoms with van der Waals surface area (Å²) in [5.74, 6) is 0.512. The number of thiazole rings is 1. The number of nitrogens with one attached hydrogen (secondary N) is 2. The summed E-state index contributed by atoms with van der Waals surface area (Å²) in [7, 11) is 0.